The van der Waals surface area contributed by atoms with Crippen LogP contribution >= 0.6 is 11.8 Å². The first-order chi connectivity index (χ1) is 8.93. The van der Waals surface area contributed by atoms with Gasteiger partial charge in [0.05, 0.1) is 11.6 Å². The number of pyridine rings is 1. The molecule has 0 spiro atoms. The fraction of sp³-hybridized carbons (Fsp3) is 0.462. The van der Waals surface area contributed by atoms with Gasteiger partial charge in [-0.25, -0.2) is 4.98 Å². The van der Waals surface area contributed by atoms with E-state index in [9.17, 15) is 0 Å². The van der Waals surface area contributed by atoms with Gasteiger partial charge >= 0.3 is 0 Å². The van der Waals surface area contributed by atoms with Crippen LogP contribution in [-0.2, 0) is 0 Å². The first-order valence-electron chi connectivity index (χ1n) is 6.30. The quantitative estimate of drug-likeness (QED) is 0.916. The van der Waals surface area contributed by atoms with Gasteiger partial charge in [-0.2, -0.15) is 11.8 Å². The number of rotatable bonds is 4. The normalized spacial score (nSPS) is 17.1. The Morgan fingerprint density at radius 2 is 2.22 bits per heavy atom. The van der Waals surface area contributed by atoms with E-state index in [1.807, 2.05) is 23.9 Å². The zero-order valence-corrected chi connectivity index (χ0v) is 11.1. The molecule has 4 nitrogen and oxygen atoms in total. The molecule has 0 saturated carbocycles. The average molecular weight is 263 g/mol. The average Bonchev–Trinajstić information content (AvgIpc) is 2.89. The lowest BCUT2D eigenvalue weighted by Gasteiger charge is -2.26. The van der Waals surface area contributed by atoms with Crippen molar-refractivity contribution in [3.05, 3.63) is 24.6 Å². The molecule has 5 heteroatoms. The summed E-state index contributed by atoms with van der Waals surface area (Å²) in [5.41, 5.74) is 0.891. The summed E-state index contributed by atoms with van der Waals surface area (Å²) in [6.45, 7) is 4.42. The molecule has 2 aromatic heterocycles. The predicted molar refractivity (Wildman–Crippen MR) is 76.3 cm³/mol. The van der Waals surface area contributed by atoms with Crippen LogP contribution in [0.3, 0.4) is 0 Å². The van der Waals surface area contributed by atoms with Gasteiger partial charge < -0.3 is 9.73 Å². The molecule has 0 atom stereocenters. The largest absolute Gasteiger partial charge is 0.464 e. The van der Waals surface area contributed by atoms with Gasteiger partial charge in [0.25, 0.3) is 0 Å². The molecule has 3 heterocycles. The summed E-state index contributed by atoms with van der Waals surface area (Å²) in [5.74, 6) is 3.44. The van der Waals surface area contributed by atoms with Gasteiger partial charge in [0.1, 0.15) is 11.4 Å². The highest BCUT2D eigenvalue weighted by Crippen LogP contribution is 2.21. The third-order valence-corrected chi connectivity index (χ3v) is 4.15. The van der Waals surface area contributed by atoms with Crippen molar-refractivity contribution in [3.8, 4) is 0 Å². The van der Waals surface area contributed by atoms with Gasteiger partial charge in [0, 0.05) is 43.9 Å². The van der Waals surface area contributed by atoms with Crippen molar-refractivity contribution in [2.24, 2.45) is 0 Å². The van der Waals surface area contributed by atoms with Crippen LogP contribution < -0.4 is 5.32 Å². The first kappa shape index (κ1) is 11.9. The SMILES string of the molecule is c1cc2occc2c(NCCN2CCSCC2)n1. The maximum absolute atomic E-state index is 5.36. The summed E-state index contributed by atoms with van der Waals surface area (Å²) in [4.78, 5) is 6.87. The fourth-order valence-corrected chi connectivity index (χ4v) is 3.17. The van der Waals surface area contributed by atoms with E-state index >= 15 is 0 Å². The Kier molecular flexibility index (Phi) is 3.71. The molecule has 96 valence electrons. The minimum Gasteiger partial charge on any atom is -0.464 e. The zero-order chi connectivity index (χ0) is 12.2. The summed E-state index contributed by atoms with van der Waals surface area (Å²) < 4.78 is 5.36. The molecule has 2 aromatic rings. The van der Waals surface area contributed by atoms with Crippen LogP contribution in [0, 0.1) is 0 Å². The second kappa shape index (κ2) is 5.63. The topological polar surface area (TPSA) is 41.3 Å². The number of anilines is 1. The molecular weight excluding hydrogens is 246 g/mol. The van der Waals surface area contributed by atoms with E-state index < -0.39 is 0 Å². The molecule has 1 aliphatic rings. The lowest BCUT2D eigenvalue weighted by molar-refractivity contribution is 0.314. The Morgan fingerprint density at radius 1 is 1.33 bits per heavy atom. The number of hydrogen-bond donors (Lipinski definition) is 1. The fourth-order valence-electron chi connectivity index (χ4n) is 2.19. The van der Waals surface area contributed by atoms with Gasteiger partial charge in [-0.1, -0.05) is 0 Å². The Hall–Kier alpha value is -1.20. The summed E-state index contributed by atoms with van der Waals surface area (Å²) in [7, 11) is 0. The van der Waals surface area contributed by atoms with Crippen LogP contribution in [-0.4, -0.2) is 47.6 Å². The number of nitrogens with zero attached hydrogens (tertiary/aromatic N) is 2. The van der Waals surface area contributed by atoms with Crippen LogP contribution in [0.5, 0.6) is 0 Å². The molecule has 0 radical (unpaired) electrons. The Balaban J connectivity index is 1.57. The zero-order valence-electron chi connectivity index (χ0n) is 10.3. The summed E-state index contributed by atoms with van der Waals surface area (Å²) >= 11 is 2.04. The van der Waals surface area contributed by atoms with Crippen molar-refractivity contribution >= 4 is 28.5 Å². The molecular formula is C13H17N3OS. The third-order valence-electron chi connectivity index (χ3n) is 3.20. The minimum atomic E-state index is 0.891. The van der Waals surface area contributed by atoms with E-state index in [1.165, 1.54) is 24.6 Å². The van der Waals surface area contributed by atoms with Crippen LogP contribution in [0.2, 0.25) is 0 Å². The number of nitrogens with one attached hydrogen (secondary N) is 1. The van der Waals surface area contributed by atoms with Crippen LogP contribution in [0.1, 0.15) is 0 Å². The molecule has 1 saturated heterocycles. The second-order valence-electron chi connectivity index (χ2n) is 4.37. The Morgan fingerprint density at radius 3 is 3.11 bits per heavy atom. The first-order valence-corrected chi connectivity index (χ1v) is 7.45. The van der Waals surface area contributed by atoms with Crippen molar-refractivity contribution in [1.29, 1.82) is 0 Å². The molecule has 0 aromatic carbocycles. The lowest BCUT2D eigenvalue weighted by atomic mass is 10.3. The molecule has 1 fully saturated rings. The van der Waals surface area contributed by atoms with Crippen molar-refractivity contribution in [2.45, 2.75) is 0 Å². The van der Waals surface area contributed by atoms with E-state index in [4.69, 9.17) is 4.42 Å². The van der Waals surface area contributed by atoms with Crippen LogP contribution in [0.4, 0.5) is 5.82 Å². The molecule has 0 unspecified atom stereocenters. The molecule has 0 aliphatic carbocycles. The van der Waals surface area contributed by atoms with E-state index in [2.05, 4.69) is 15.2 Å². The number of aromatic nitrogens is 1. The van der Waals surface area contributed by atoms with Crippen molar-refractivity contribution in [2.75, 3.05) is 43.0 Å². The van der Waals surface area contributed by atoms with Crippen LogP contribution in [0.15, 0.2) is 29.0 Å². The highest BCUT2D eigenvalue weighted by Gasteiger charge is 2.10. The van der Waals surface area contributed by atoms with Crippen molar-refractivity contribution < 1.29 is 4.42 Å². The monoisotopic (exact) mass is 263 g/mol. The summed E-state index contributed by atoms with van der Waals surface area (Å²) in [5, 5.41) is 4.46. The highest BCUT2D eigenvalue weighted by molar-refractivity contribution is 7.99. The number of furan rings is 1. The van der Waals surface area contributed by atoms with E-state index in [-0.39, 0.29) is 0 Å². The number of hydrogen-bond acceptors (Lipinski definition) is 5. The lowest BCUT2D eigenvalue weighted by Crippen LogP contribution is -2.36. The molecule has 1 aliphatic heterocycles. The van der Waals surface area contributed by atoms with Gasteiger partial charge in [-0.15, -0.1) is 0 Å². The standard InChI is InChI=1S/C13H17N3OS/c1-3-14-13(11-2-8-17-12(1)11)15-4-5-16-6-9-18-10-7-16/h1-3,8H,4-7,9-10H2,(H,14,15). The Bertz CT molecular complexity index is 508. The number of thioether (sulfide) groups is 1. The highest BCUT2D eigenvalue weighted by atomic mass is 32.2. The maximum atomic E-state index is 5.36. The van der Waals surface area contributed by atoms with E-state index in [1.54, 1.807) is 12.5 Å². The van der Waals surface area contributed by atoms with Gasteiger partial charge in [0.2, 0.25) is 0 Å². The Labute approximate surface area is 111 Å². The van der Waals surface area contributed by atoms with Gasteiger partial charge in [0.15, 0.2) is 0 Å². The van der Waals surface area contributed by atoms with Gasteiger partial charge in [-0.05, 0) is 12.1 Å². The predicted octanol–water partition coefficient (Wildman–Crippen LogP) is 2.29. The summed E-state index contributed by atoms with van der Waals surface area (Å²) in [6, 6.07) is 3.85. The van der Waals surface area contributed by atoms with Gasteiger partial charge in [-0.3, -0.25) is 4.90 Å². The smallest absolute Gasteiger partial charge is 0.139 e. The van der Waals surface area contributed by atoms with E-state index in [0.29, 0.717) is 0 Å². The van der Waals surface area contributed by atoms with E-state index in [0.717, 1.165) is 29.9 Å². The number of fused-ring (bicyclic) bond motifs is 1. The molecule has 18 heavy (non-hydrogen) atoms. The molecule has 3 rings (SSSR count). The molecule has 0 bridgehead atoms. The van der Waals surface area contributed by atoms with Crippen LogP contribution in [0.25, 0.3) is 11.0 Å². The maximum Gasteiger partial charge on any atom is 0.139 e. The molecule has 1 N–H and O–H groups in total. The second-order valence-corrected chi connectivity index (χ2v) is 5.60. The minimum absolute atomic E-state index is 0.891. The van der Waals surface area contributed by atoms with Crippen molar-refractivity contribution in [1.82, 2.24) is 9.88 Å². The third kappa shape index (κ3) is 2.62. The summed E-state index contributed by atoms with van der Waals surface area (Å²) in [6.07, 6.45) is 3.49. The molecule has 0 amide bonds. The van der Waals surface area contributed by atoms with Crippen molar-refractivity contribution in [3.63, 3.8) is 0 Å².